The van der Waals surface area contributed by atoms with Gasteiger partial charge in [0, 0.05) is 11.4 Å². The molecule has 0 bridgehead atoms. The van der Waals surface area contributed by atoms with E-state index in [0.29, 0.717) is 0 Å². The SMILES string of the molecule is Cc1nc(C#N)cc(N)c1C(F)F. The fraction of sp³-hybridized carbons (Fsp3) is 0.250. The van der Waals surface area contributed by atoms with Crippen LogP contribution in [0.1, 0.15) is 23.4 Å². The lowest BCUT2D eigenvalue weighted by molar-refractivity contribution is 0.151. The molecule has 0 spiro atoms. The number of aryl methyl sites for hydroxylation is 1. The number of hydrogen-bond acceptors (Lipinski definition) is 3. The molecular weight excluding hydrogens is 176 g/mol. The van der Waals surface area contributed by atoms with Crippen LogP contribution in [0.15, 0.2) is 6.07 Å². The van der Waals surface area contributed by atoms with Crippen molar-refractivity contribution < 1.29 is 8.78 Å². The molecule has 0 saturated carbocycles. The van der Waals surface area contributed by atoms with Crippen LogP contribution in [0.25, 0.3) is 0 Å². The zero-order chi connectivity index (χ0) is 10.0. The minimum atomic E-state index is -2.65. The fourth-order valence-electron chi connectivity index (χ4n) is 1.05. The van der Waals surface area contributed by atoms with Crippen molar-refractivity contribution in [3.05, 3.63) is 23.0 Å². The standard InChI is InChI=1S/C8H7F2N3/c1-4-7(8(9)10)6(12)2-5(3-11)13-4/h2,8H,1H3,(H2,12,13). The molecule has 0 saturated heterocycles. The molecule has 0 aliphatic heterocycles. The zero-order valence-corrected chi connectivity index (χ0v) is 6.88. The molecule has 0 aliphatic rings. The molecule has 68 valence electrons. The van der Waals surface area contributed by atoms with Gasteiger partial charge in [-0.05, 0) is 13.0 Å². The van der Waals surface area contributed by atoms with Gasteiger partial charge in [-0.25, -0.2) is 13.8 Å². The second-order valence-corrected chi connectivity index (χ2v) is 2.51. The summed E-state index contributed by atoms with van der Waals surface area (Å²) in [6, 6.07) is 2.89. The van der Waals surface area contributed by atoms with Gasteiger partial charge in [-0.1, -0.05) is 0 Å². The topological polar surface area (TPSA) is 62.7 Å². The van der Waals surface area contributed by atoms with E-state index in [2.05, 4.69) is 4.98 Å². The first-order chi connectivity index (χ1) is 6.06. The lowest BCUT2D eigenvalue weighted by atomic mass is 10.1. The molecule has 13 heavy (non-hydrogen) atoms. The summed E-state index contributed by atoms with van der Waals surface area (Å²) in [4.78, 5) is 3.65. The molecule has 0 amide bonds. The maximum absolute atomic E-state index is 12.3. The molecule has 0 aromatic carbocycles. The zero-order valence-electron chi connectivity index (χ0n) is 6.88. The third-order valence-electron chi connectivity index (χ3n) is 1.61. The van der Waals surface area contributed by atoms with Gasteiger partial charge in [0.15, 0.2) is 0 Å². The molecule has 0 atom stereocenters. The lowest BCUT2D eigenvalue weighted by Crippen LogP contribution is -2.02. The van der Waals surface area contributed by atoms with Crippen LogP contribution in [0.5, 0.6) is 0 Å². The third-order valence-corrected chi connectivity index (χ3v) is 1.61. The summed E-state index contributed by atoms with van der Waals surface area (Å²) in [6.45, 7) is 1.40. The number of halogens is 2. The van der Waals surface area contributed by atoms with Crippen molar-refractivity contribution in [2.24, 2.45) is 0 Å². The highest BCUT2D eigenvalue weighted by molar-refractivity contribution is 5.52. The van der Waals surface area contributed by atoms with Gasteiger partial charge in [0.25, 0.3) is 6.43 Å². The van der Waals surface area contributed by atoms with Crippen molar-refractivity contribution in [3.63, 3.8) is 0 Å². The Morgan fingerprint density at radius 1 is 1.62 bits per heavy atom. The Morgan fingerprint density at radius 2 is 2.23 bits per heavy atom. The van der Waals surface area contributed by atoms with Crippen LogP contribution in [0.4, 0.5) is 14.5 Å². The van der Waals surface area contributed by atoms with Gasteiger partial charge in [-0.15, -0.1) is 0 Å². The number of hydrogen-bond donors (Lipinski definition) is 1. The first-order valence-electron chi connectivity index (χ1n) is 3.51. The normalized spacial score (nSPS) is 10.1. The predicted molar refractivity (Wildman–Crippen MR) is 43.1 cm³/mol. The molecule has 5 heteroatoms. The highest BCUT2D eigenvalue weighted by atomic mass is 19.3. The Bertz CT molecular complexity index is 345. The molecule has 0 aliphatic carbocycles. The maximum atomic E-state index is 12.3. The molecule has 3 nitrogen and oxygen atoms in total. The van der Waals surface area contributed by atoms with Crippen molar-refractivity contribution in [1.82, 2.24) is 4.98 Å². The van der Waals surface area contributed by atoms with Crippen LogP contribution < -0.4 is 5.73 Å². The molecule has 1 aromatic heterocycles. The molecular formula is C8H7F2N3. The van der Waals surface area contributed by atoms with Crippen LogP contribution in [0.2, 0.25) is 0 Å². The van der Waals surface area contributed by atoms with Crippen molar-refractivity contribution in [2.75, 3.05) is 5.73 Å². The lowest BCUT2D eigenvalue weighted by Gasteiger charge is -2.07. The van der Waals surface area contributed by atoms with E-state index in [4.69, 9.17) is 11.0 Å². The van der Waals surface area contributed by atoms with E-state index in [1.807, 2.05) is 0 Å². The monoisotopic (exact) mass is 183 g/mol. The number of alkyl halides is 2. The van der Waals surface area contributed by atoms with Crippen LogP contribution in [0.3, 0.4) is 0 Å². The highest BCUT2D eigenvalue weighted by Crippen LogP contribution is 2.27. The summed E-state index contributed by atoms with van der Waals surface area (Å²) < 4.78 is 24.6. The smallest absolute Gasteiger partial charge is 0.267 e. The quantitative estimate of drug-likeness (QED) is 0.721. The molecule has 1 heterocycles. The van der Waals surface area contributed by atoms with Crippen LogP contribution in [-0.4, -0.2) is 4.98 Å². The van der Waals surface area contributed by atoms with E-state index in [1.54, 1.807) is 6.07 Å². The molecule has 1 aromatic rings. The average molecular weight is 183 g/mol. The highest BCUT2D eigenvalue weighted by Gasteiger charge is 2.16. The Labute approximate surface area is 73.8 Å². The van der Waals surface area contributed by atoms with Crippen molar-refractivity contribution >= 4 is 5.69 Å². The second kappa shape index (κ2) is 3.35. The van der Waals surface area contributed by atoms with E-state index in [9.17, 15) is 8.78 Å². The van der Waals surface area contributed by atoms with E-state index in [0.717, 1.165) is 6.07 Å². The predicted octanol–water partition coefficient (Wildman–Crippen LogP) is 1.78. The summed E-state index contributed by atoms with van der Waals surface area (Å²) in [5, 5.41) is 8.46. The Morgan fingerprint density at radius 3 is 2.62 bits per heavy atom. The number of nitrogen functional groups attached to an aromatic ring is 1. The Hall–Kier alpha value is -1.70. The molecule has 2 N–H and O–H groups in total. The third kappa shape index (κ3) is 1.72. The number of pyridine rings is 1. The fourth-order valence-corrected chi connectivity index (χ4v) is 1.05. The van der Waals surface area contributed by atoms with E-state index >= 15 is 0 Å². The van der Waals surface area contributed by atoms with Gasteiger partial charge in [-0.3, -0.25) is 0 Å². The minimum absolute atomic E-state index is 0.0550. The summed E-state index contributed by atoms with van der Waals surface area (Å²) in [5.74, 6) is 0. The molecule has 0 fully saturated rings. The largest absolute Gasteiger partial charge is 0.398 e. The first-order valence-corrected chi connectivity index (χ1v) is 3.51. The Kier molecular flexibility index (Phi) is 2.42. The van der Waals surface area contributed by atoms with Gasteiger partial charge < -0.3 is 5.73 Å². The first kappa shape index (κ1) is 9.39. The van der Waals surface area contributed by atoms with Gasteiger partial charge in [0.2, 0.25) is 0 Å². The van der Waals surface area contributed by atoms with E-state index in [-0.39, 0.29) is 22.6 Å². The second-order valence-electron chi connectivity index (χ2n) is 2.51. The van der Waals surface area contributed by atoms with Crippen molar-refractivity contribution in [3.8, 4) is 6.07 Å². The number of nitrogens with zero attached hydrogens (tertiary/aromatic N) is 2. The van der Waals surface area contributed by atoms with E-state index < -0.39 is 6.43 Å². The van der Waals surface area contributed by atoms with E-state index in [1.165, 1.54) is 6.92 Å². The number of nitrogens with two attached hydrogens (primary N) is 1. The number of anilines is 1. The molecule has 1 rings (SSSR count). The van der Waals surface area contributed by atoms with Gasteiger partial charge >= 0.3 is 0 Å². The summed E-state index contributed by atoms with van der Waals surface area (Å²) >= 11 is 0. The summed E-state index contributed by atoms with van der Waals surface area (Å²) in [5.41, 5.74) is 5.11. The van der Waals surface area contributed by atoms with Crippen LogP contribution in [-0.2, 0) is 0 Å². The van der Waals surface area contributed by atoms with Crippen LogP contribution in [0, 0.1) is 18.3 Å². The van der Waals surface area contributed by atoms with Crippen LogP contribution >= 0.6 is 0 Å². The van der Waals surface area contributed by atoms with Gasteiger partial charge in [-0.2, -0.15) is 5.26 Å². The summed E-state index contributed by atoms with van der Waals surface area (Å²) in [7, 11) is 0. The van der Waals surface area contributed by atoms with Crippen molar-refractivity contribution in [1.29, 1.82) is 5.26 Å². The molecule has 0 radical (unpaired) electrons. The van der Waals surface area contributed by atoms with Gasteiger partial charge in [0.05, 0.1) is 5.56 Å². The average Bonchev–Trinajstić information content (AvgIpc) is 2.02. The number of aromatic nitrogens is 1. The number of nitriles is 1. The van der Waals surface area contributed by atoms with Crippen molar-refractivity contribution in [2.45, 2.75) is 13.3 Å². The number of rotatable bonds is 1. The maximum Gasteiger partial charge on any atom is 0.267 e. The van der Waals surface area contributed by atoms with Gasteiger partial charge in [0.1, 0.15) is 11.8 Å². The minimum Gasteiger partial charge on any atom is -0.398 e. The molecule has 0 unspecified atom stereocenters. The summed E-state index contributed by atoms with van der Waals surface area (Å²) in [6.07, 6.45) is -2.65. The Balaban J connectivity index is 3.33.